The Morgan fingerprint density at radius 1 is 0.641 bits per heavy atom. The molecule has 0 radical (unpaired) electrons. The summed E-state index contributed by atoms with van der Waals surface area (Å²) in [6, 6.07) is 0. The number of aliphatic carboxylic acids is 1. The van der Waals surface area contributed by atoms with Crippen molar-refractivity contribution in [3.63, 3.8) is 0 Å². The lowest BCUT2D eigenvalue weighted by Gasteiger charge is -2.46. The summed E-state index contributed by atoms with van der Waals surface area (Å²) in [7, 11) is 0. The van der Waals surface area contributed by atoms with Crippen LogP contribution in [0.1, 0.15) is 103 Å². The number of hydrogen-bond acceptors (Lipinski definition) is 5. The van der Waals surface area contributed by atoms with Gasteiger partial charge in [0.25, 0.3) is 0 Å². The summed E-state index contributed by atoms with van der Waals surface area (Å²) in [5.41, 5.74) is 1.54. The Morgan fingerprint density at radius 3 is 1.10 bits per heavy atom. The number of Topliss-reactive ketones (excluding diaryl/α,β-unsaturated/α-hetero) is 2. The first kappa shape index (κ1) is 32.0. The van der Waals surface area contributed by atoms with Crippen LogP contribution in [0.5, 0.6) is 0 Å². The van der Waals surface area contributed by atoms with E-state index in [1.54, 1.807) is 23.5 Å². The molecule has 39 heavy (non-hydrogen) atoms. The number of rotatable bonds is 3. The summed E-state index contributed by atoms with van der Waals surface area (Å²) in [4.78, 5) is 39.7. The minimum Gasteiger partial charge on any atom is -0.481 e. The van der Waals surface area contributed by atoms with Crippen molar-refractivity contribution in [1.29, 1.82) is 0 Å². The van der Waals surface area contributed by atoms with Crippen LogP contribution in [0.2, 0.25) is 0 Å². The van der Waals surface area contributed by atoms with E-state index in [9.17, 15) is 19.5 Å². The molecule has 0 unspecified atom stereocenters. The first-order chi connectivity index (χ1) is 17.3. The SMILES string of the molecule is CC1(CCC(=O)O)SC2(C=C(C(C)(C)C)C(=O)C(C(C)(C)C)=C2)C2(C=C(C(C)(C)C)C(=O)C(C(C)(C)C)=C2)S1. The summed E-state index contributed by atoms with van der Waals surface area (Å²) in [5, 5.41) is 9.60. The molecule has 3 aliphatic rings. The summed E-state index contributed by atoms with van der Waals surface area (Å²) in [6.45, 7) is 27.1. The topological polar surface area (TPSA) is 71.4 Å². The van der Waals surface area contributed by atoms with Gasteiger partial charge in [-0.2, -0.15) is 0 Å². The molecule has 4 nitrogen and oxygen atoms in total. The second-order valence-electron chi connectivity index (χ2n) is 15.7. The van der Waals surface area contributed by atoms with E-state index in [-0.39, 0.29) is 39.6 Å². The van der Waals surface area contributed by atoms with Crippen molar-refractivity contribution < 1.29 is 19.5 Å². The van der Waals surface area contributed by atoms with Crippen LogP contribution in [-0.4, -0.2) is 36.2 Å². The zero-order valence-electron chi connectivity index (χ0n) is 26.2. The number of carbonyl (C=O) groups is 3. The summed E-state index contributed by atoms with van der Waals surface area (Å²) >= 11 is 3.49. The number of carboxylic acids is 1. The maximum Gasteiger partial charge on any atom is 0.303 e. The molecule has 0 aromatic rings. The molecule has 216 valence electrons. The second-order valence-corrected chi connectivity index (χ2v) is 19.5. The van der Waals surface area contributed by atoms with Crippen LogP contribution in [0.15, 0.2) is 46.6 Å². The van der Waals surface area contributed by atoms with E-state index in [4.69, 9.17) is 0 Å². The number of thioether (sulfide) groups is 2. The monoisotopic (exact) mass is 572 g/mol. The lowest BCUT2D eigenvalue weighted by atomic mass is 9.65. The van der Waals surface area contributed by atoms with Gasteiger partial charge in [-0.3, -0.25) is 14.4 Å². The highest BCUT2D eigenvalue weighted by atomic mass is 32.2. The molecule has 3 rings (SSSR count). The van der Waals surface area contributed by atoms with E-state index in [1.165, 1.54) is 0 Å². The van der Waals surface area contributed by atoms with E-state index < -0.39 is 19.5 Å². The third kappa shape index (κ3) is 5.93. The summed E-state index contributed by atoms with van der Waals surface area (Å²) in [6.07, 6.45) is 9.18. The normalized spacial score (nSPS) is 23.0. The first-order valence-electron chi connectivity index (χ1n) is 13.9. The Bertz CT molecular complexity index is 1060. The van der Waals surface area contributed by atoms with Gasteiger partial charge in [0.05, 0.1) is 13.6 Å². The van der Waals surface area contributed by atoms with Crippen LogP contribution in [0.3, 0.4) is 0 Å². The largest absolute Gasteiger partial charge is 0.481 e. The molecule has 1 fully saturated rings. The van der Waals surface area contributed by atoms with Crippen molar-refractivity contribution in [1.82, 2.24) is 0 Å². The summed E-state index contributed by atoms with van der Waals surface area (Å²) < 4.78 is -1.83. The average molecular weight is 573 g/mol. The van der Waals surface area contributed by atoms with E-state index in [0.29, 0.717) is 6.42 Å². The molecular weight excluding hydrogens is 524 g/mol. The molecule has 1 aliphatic heterocycles. The number of hydrogen-bond donors (Lipinski definition) is 1. The Labute approximate surface area is 244 Å². The van der Waals surface area contributed by atoms with Crippen molar-refractivity contribution in [3.8, 4) is 0 Å². The number of carbonyl (C=O) groups excluding carboxylic acids is 2. The molecule has 0 aromatic carbocycles. The molecule has 0 aromatic heterocycles. The first-order valence-corrected chi connectivity index (χ1v) is 15.6. The fraction of sp³-hybridized carbons (Fsp3) is 0.667. The van der Waals surface area contributed by atoms with Crippen molar-refractivity contribution in [2.75, 3.05) is 0 Å². The minimum atomic E-state index is -0.821. The number of ketones is 2. The fourth-order valence-electron chi connectivity index (χ4n) is 5.62. The quantitative estimate of drug-likeness (QED) is 0.365. The Kier molecular flexibility index (Phi) is 7.80. The molecule has 0 saturated carbocycles. The number of fused-ring (bicyclic) bond motifs is 1. The van der Waals surface area contributed by atoms with Gasteiger partial charge in [0.2, 0.25) is 0 Å². The standard InChI is InChI=1S/C33H48O4S2/c1-27(2,3)20-16-32(17-21(25(20)36)28(4,5)6)33(39-31(13,38-32)15-14-24(34)35)18-22(29(7,8)9)26(37)23(19-33)30(10,11)12/h16-19H,14-15H2,1-13H3,(H,34,35). The van der Waals surface area contributed by atoms with E-state index in [0.717, 1.165) is 22.3 Å². The van der Waals surface area contributed by atoms with Gasteiger partial charge in [-0.25, -0.2) is 0 Å². The van der Waals surface area contributed by atoms with Crippen molar-refractivity contribution in [2.45, 2.75) is 116 Å². The Hall–Kier alpha value is -1.53. The van der Waals surface area contributed by atoms with E-state index in [1.807, 2.05) is 0 Å². The van der Waals surface area contributed by atoms with Gasteiger partial charge in [0.1, 0.15) is 0 Å². The summed E-state index contributed by atoms with van der Waals surface area (Å²) in [5.74, 6) is -0.668. The van der Waals surface area contributed by atoms with Crippen LogP contribution < -0.4 is 0 Å². The van der Waals surface area contributed by atoms with Crippen molar-refractivity contribution in [2.24, 2.45) is 21.7 Å². The van der Waals surface area contributed by atoms with Crippen LogP contribution in [0.25, 0.3) is 0 Å². The van der Waals surface area contributed by atoms with Gasteiger partial charge in [0.15, 0.2) is 11.6 Å². The zero-order chi connectivity index (χ0) is 30.2. The predicted molar refractivity (Wildman–Crippen MR) is 166 cm³/mol. The van der Waals surface area contributed by atoms with Crippen LogP contribution in [-0.2, 0) is 14.4 Å². The smallest absolute Gasteiger partial charge is 0.303 e. The van der Waals surface area contributed by atoms with Gasteiger partial charge in [-0.15, -0.1) is 23.5 Å². The maximum absolute atomic E-state index is 14.0. The van der Waals surface area contributed by atoms with Crippen molar-refractivity contribution >= 4 is 41.1 Å². The zero-order valence-corrected chi connectivity index (χ0v) is 27.8. The van der Waals surface area contributed by atoms with E-state index in [2.05, 4.69) is 114 Å². The Morgan fingerprint density at radius 2 is 0.897 bits per heavy atom. The number of allylic oxidation sites excluding steroid dienone is 4. The van der Waals surface area contributed by atoms with Gasteiger partial charge in [-0.05, 0) is 35.0 Å². The van der Waals surface area contributed by atoms with Gasteiger partial charge >= 0.3 is 5.97 Å². The minimum absolute atomic E-state index is 0.0535. The molecule has 2 aliphatic carbocycles. The van der Waals surface area contributed by atoms with Crippen molar-refractivity contribution in [3.05, 3.63) is 46.6 Å². The third-order valence-electron chi connectivity index (χ3n) is 7.82. The highest BCUT2D eigenvalue weighted by molar-refractivity contribution is 8.23. The Balaban J connectivity index is 2.52. The number of carboxylic acid groups (broad SMARTS) is 1. The van der Waals surface area contributed by atoms with Gasteiger partial charge in [-0.1, -0.05) is 107 Å². The molecule has 0 atom stereocenters. The third-order valence-corrected chi connectivity index (χ3v) is 11.5. The maximum atomic E-state index is 14.0. The molecule has 1 heterocycles. The van der Waals surface area contributed by atoms with Crippen LogP contribution in [0.4, 0.5) is 0 Å². The highest BCUT2D eigenvalue weighted by Gasteiger charge is 2.64. The average Bonchev–Trinajstić information content (AvgIpc) is 2.94. The van der Waals surface area contributed by atoms with Crippen LogP contribution >= 0.6 is 23.5 Å². The molecular formula is C33H48O4S2. The molecule has 1 saturated heterocycles. The molecule has 2 spiro atoms. The molecule has 1 N–H and O–H groups in total. The predicted octanol–water partition coefficient (Wildman–Crippen LogP) is 8.58. The lowest BCUT2D eigenvalue weighted by Crippen LogP contribution is -2.48. The lowest BCUT2D eigenvalue weighted by molar-refractivity contribution is -0.137. The van der Waals surface area contributed by atoms with Gasteiger partial charge < -0.3 is 5.11 Å². The van der Waals surface area contributed by atoms with Gasteiger partial charge in [0, 0.05) is 28.7 Å². The molecule has 0 bridgehead atoms. The fourth-order valence-corrected chi connectivity index (χ4v) is 9.96. The molecule has 0 amide bonds. The van der Waals surface area contributed by atoms with Crippen LogP contribution in [0, 0.1) is 21.7 Å². The molecule has 6 heteroatoms. The van der Waals surface area contributed by atoms with E-state index >= 15 is 0 Å². The highest BCUT2D eigenvalue weighted by Crippen LogP contribution is 2.71. The second kappa shape index (κ2) is 9.51.